The van der Waals surface area contributed by atoms with Crippen LogP contribution in [-0.2, 0) is 9.53 Å². The number of Topliss-reactive ketones (excluding diaryl/α,β-unsaturated/α-hetero) is 1. The van der Waals surface area contributed by atoms with E-state index < -0.39 is 0 Å². The summed E-state index contributed by atoms with van der Waals surface area (Å²) in [5.41, 5.74) is -0.211. The first-order valence-electron chi connectivity index (χ1n) is 4.98. The van der Waals surface area contributed by atoms with Gasteiger partial charge < -0.3 is 4.74 Å². The van der Waals surface area contributed by atoms with E-state index in [1.54, 1.807) is 0 Å². The lowest BCUT2D eigenvalue weighted by Gasteiger charge is -2.32. The van der Waals surface area contributed by atoms with Crippen LogP contribution in [0.1, 0.15) is 32.6 Å². The lowest BCUT2D eigenvalue weighted by atomic mass is 9.71. The fourth-order valence-corrected chi connectivity index (χ4v) is 2.51. The Bertz CT molecular complexity index is 246. The number of rotatable bonds is 1. The first-order chi connectivity index (χ1) is 6.16. The summed E-state index contributed by atoms with van der Waals surface area (Å²) < 4.78 is 5.75. The fourth-order valence-electron chi connectivity index (χ4n) is 2.51. The highest BCUT2D eigenvalue weighted by Gasteiger charge is 2.50. The average Bonchev–Trinajstić information content (AvgIpc) is 2.45. The van der Waals surface area contributed by atoms with E-state index in [4.69, 9.17) is 4.74 Å². The van der Waals surface area contributed by atoms with Gasteiger partial charge in [0.15, 0.2) is 0 Å². The van der Waals surface area contributed by atoms with Gasteiger partial charge in [0.2, 0.25) is 0 Å². The molecule has 3 atom stereocenters. The Kier molecular flexibility index (Phi) is 2.03. The fraction of sp³-hybridized carbons (Fsp3) is 0.727. The van der Waals surface area contributed by atoms with Crippen LogP contribution >= 0.6 is 0 Å². The first kappa shape index (κ1) is 8.95. The molecule has 1 aliphatic heterocycles. The van der Waals surface area contributed by atoms with Crippen molar-refractivity contribution in [3.8, 4) is 0 Å². The highest BCUT2D eigenvalue weighted by Crippen LogP contribution is 2.45. The number of fused-ring (bicyclic) bond motifs is 1. The minimum absolute atomic E-state index is 0.0945. The molecule has 2 rings (SSSR count). The Morgan fingerprint density at radius 2 is 2.46 bits per heavy atom. The second kappa shape index (κ2) is 2.95. The van der Waals surface area contributed by atoms with E-state index >= 15 is 0 Å². The van der Waals surface area contributed by atoms with Crippen LogP contribution in [0.25, 0.3) is 0 Å². The largest absolute Gasteiger partial charge is 0.370 e. The summed E-state index contributed by atoms with van der Waals surface area (Å²) in [5.74, 6) is 0.383. The molecule has 0 spiro atoms. The molecule has 13 heavy (non-hydrogen) atoms. The summed E-state index contributed by atoms with van der Waals surface area (Å²) in [7, 11) is 0. The minimum Gasteiger partial charge on any atom is -0.370 e. The summed E-state index contributed by atoms with van der Waals surface area (Å²) in [6.07, 6.45) is 5.65. The number of ketones is 1. The van der Waals surface area contributed by atoms with Crippen LogP contribution in [0.2, 0.25) is 0 Å². The molecule has 0 aromatic rings. The summed E-state index contributed by atoms with van der Waals surface area (Å²) >= 11 is 0. The van der Waals surface area contributed by atoms with Crippen molar-refractivity contribution >= 4 is 5.78 Å². The maximum absolute atomic E-state index is 11.7. The molecule has 0 unspecified atom stereocenters. The van der Waals surface area contributed by atoms with Crippen molar-refractivity contribution in [3.05, 3.63) is 12.7 Å². The predicted molar refractivity (Wildman–Crippen MR) is 50.4 cm³/mol. The van der Waals surface area contributed by atoms with Crippen LogP contribution < -0.4 is 0 Å². The van der Waals surface area contributed by atoms with Gasteiger partial charge in [-0.15, -0.1) is 6.58 Å². The van der Waals surface area contributed by atoms with Gasteiger partial charge in [-0.3, -0.25) is 4.79 Å². The Morgan fingerprint density at radius 3 is 3.08 bits per heavy atom. The second-order valence-corrected chi connectivity index (χ2v) is 4.34. The summed E-state index contributed by atoms with van der Waals surface area (Å²) in [6.45, 7) is 5.76. The number of carbonyl (C=O) groups is 1. The van der Waals surface area contributed by atoms with Gasteiger partial charge in [-0.25, -0.2) is 0 Å². The standard InChI is InChI=1S/C11H16O2/c1-3-8-7-11(2)9(12)5-4-6-10(11)13-8/h3,8,10H,1,4-7H2,2H3/t8-,10-,11+/m0/s1. The van der Waals surface area contributed by atoms with Crippen LogP contribution in [0.5, 0.6) is 0 Å². The first-order valence-corrected chi connectivity index (χ1v) is 4.98. The number of carbonyl (C=O) groups excluding carboxylic acids is 1. The van der Waals surface area contributed by atoms with Gasteiger partial charge in [0.25, 0.3) is 0 Å². The van der Waals surface area contributed by atoms with Crippen molar-refractivity contribution < 1.29 is 9.53 Å². The molecule has 0 N–H and O–H groups in total. The van der Waals surface area contributed by atoms with Gasteiger partial charge >= 0.3 is 0 Å². The number of hydrogen-bond acceptors (Lipinski definition) is 2. The number of ether oxygens (including phenoxy) is 1. The molecule has 2 aliphatic rings. The topological polar surface area (TPSA) is 26.3 Å². The van der Waals surface area contributed by atoms with Gasteiger partial charge in [0.1, 0.15) is 5.78 Å². The average molecular weight is 180 g/mol. The Morgan fingerprint density at radius 1 is 1.69 bits per heavy atom. The van der Waals surface area contributed by atoms with Gasteiger partial charge in [-0.2, -0.15) is 0 Å². The quantitative estimate of drug-likeness (QED) is 0.577. The Balaban J connectivity index is 2.22. The lowest BCUT2D eigenvalue weighted by Crippen LogP contribution is -2.39. The smallest absolute Gasteiger partial charge is 0.141 e. The van der Waals surface area contributed by atoms with E-state index in [-0.39, 0.29) is 17.6 Å². The molecule has 1 saturated heterocycles. The summed E-state index contributed by atoms with van der Waals surface area (Å²) in [6, 6.07) is 0. The van der Waals surface area contributed by atoms with Crippen molar-refractivity contribution in [2.75, 3.05) is 0 Å². The maximum Gasteiger partial charge on any atom is 0.141 e. The number of hydrogen-bond donors (Lipinski definition) is 0. The normalized spacial score (nSPS) is 44.5. The molecule has 0 radical (unpaired) electrons. The van der Waals surface area contributed by atoms with E-state index in [1.807, 2.05) is 13.0 Å². The minimum atomic E-state index is -0.211. The van der Waals surface area contributed by atoms with Crippen molar-refractivity contribution in [2.24, 2.45) is 5.41 Å². The highest BCUT2D eigenvalue weighted by molar-refractivity contribution is 5.86. The molecule has 72 valence electrons. The van der Waals surface area contributed by atoms with Crippen LogP contribution in [0.15, 0.2) is 12.7 Å². The third kappa shape index (κ3) is 1.24. The van der Waals surface area contributed by atoms with Crippen molar-refractivity contribution in [3.63, 3.8) is 0 Å². The molecule has 0 bridgehead atoms. The van der Waals surface area contributed by atoms with Gasteiger partial charge in [-0.1, -0.05) is 13.0 Å². The van der Waals surface area contributed by atoms with E-state index in [0.29, 0.717) is 5.78 Å². The predicted octanol–water partition coefficient (Wildman–Crippen LogP) is 2.09. The summed E-state index contributed by atoms with van der Waals surface area (Å²) in [4.78, 5) is 11.7. The molecular formula is C11H16O2. The summed E-state index contributed by atoms with van der Waals surface area (Å²) in [5, 5.41) is 0. The SMILES string of the molecule is C=C[C@H]1C[C@]2(C)C(=O)CCC[C@@H]2O1. The zero-order valence-corrected chi connectivity index (χ0v) is 8.08. The molecule has 2 fully saturated rings. The molecule has 1 heterocycles. The van der Waals surface area contributed by atoms with Gasteiger partial charge in [-0.05, 0) is 19.3 Å². The van der Waals surface area contributed by atoms with Crippen LogP contribution in [0.4, 0.5) is 0 Å². The molecule has 1 saturated carbocycles. The van der Waals surface area contributed by atoms with E-state index in [1.165, 1.54) is 0 Å². The van der Waals surface area contributed by atoms with Crippen molar-refractivity contribution in [1.29, 1.82) is 0 Å². The zero-order chi connectivity index (χ0) is 9.47. The lowest BCUT2D eigenvalue weighted by molar-refractivity contribution is -0.134. The maximum atomic E-state index is 11.7. The van der Waals surface area contributed by atoms with E-state index in [2.05, 4.69) is 6.58 Å². The zero-order valence-electron chi connectivity index (χ0n) is 8.08. The second-order valence-electron chi connectivity index (χ2n) is 4.34. The molecule has 2 heteroatoms. The Hall–Kier alpha value is -0.630. The Labute approximate surface area is 79.0 Å². The van der Waals surface area contributed by atoms with Crippen molar-refractivity contribution in [1.82, 2.24) is 0 Å². The highest BCUT2D eigenvalue weighted by atomic mass is 16.5. The monoisotopic (exact) mass is 180 g/mol. The molecule has 2 nitrogen and oxygen atoms in total. The third-order valence-corrected chi connectivity index (χ3v) is 3.44. The molecule has 1 aliphatic carbocycles. The molecular weight excluding hydrogens is 164 g/mol. The van der Waals surface area contributed by atoms with Gasteiger partial charge in [0.05, 0.1) is 17.6 Å². The van der Waals surface area contributed by atoms with Crippen LogP contribution in [0.3, 0.4) is 0 Å². The van der Waals surface area contributed by atoms with Crippen LogP contribution in [-0.4, -0.2) is 18.0 Å². The third-order valence-electron chi connectivity index (χ3n) is 3.44. The molecule has 0 amide bonds. The van der Waals surface area contributed by atoms with Gasteiger partial charge in [0, 0.05) is 6.42 Å². The molecule has 0 aromatic carbocycles. The van der Waals surface area contributed by atoms with E-state index in [0.717, 1.165) is 25.7 Å². The van der Waals surface area contributed by atoms with Crippen molar-refractivity contribution in [2.45, 2.75) is 44.8 Å². The molecule has 0 aromatic heterocycles. The van der Waals surface area contributed by atoms with E-state index in [9.17, 15) is 4.79 Å². The van der Waals surface area contributed by atoms with Crippen LogP contribution in [0, 0.1) is 5.41 Å².